The molecule has 3 atom stereocenters. The Morgan fingerprint density at radius 2 is 1.63 bits per heavy atom. The molecule has 1 aliphatic heterocycles. The lowest BCUT2D eigenvalue weighted by atomic mass is 10.00. The fourth-order valence-electron chi connectivity index (χ4n) is 5.09. The highest BCUT2D eigenvalue weighted by molar-refractivity contribution is 7.92. The zero-order valence-electron chi connectivity index (χ0n) is 24.9. The molecule has 246 valence electrons. The van der Waals surface area contributed by atoms with Gasteiger partial charge < -0.3 is 30.5 Å². The van der Waals surface area contributed by atoms with Crippen LogP contribution in [0.2, 0.25) is 0 Å². The topological polar surface area (TPSA) is 143 Å². The van der Waals surface area contributed by atoms with Gasteiger partial charge in [0, 0.05) is 31.5 Å². The first-order valence-corrected chi connectivity index (χ1v) is 16.7. The lowest BCUT2D eigenvalue weighted by molar-refractivity contribution is -0.124. The van der Waals surface area contributed by atoms with Gasteiger partial charge in [0.05, 0.1) is 36.4 Å². The minimum absolute atomic E-state index is 0. The molecule has 4 N–H and O–H groups in total. The molecular weight excluding hydrogens is 608 g/mol. The van der Waals surface area contributed by atoms with Crippen molar-refractivity contribution in [2.45, 2.75) is 107 Å². The number of amides is 2. The van der Waals surface area contributed by atoms with Gasteiger partial charge in [-0.3, -0.25) is 4.79 Å². The number of aliphatic hydroxyl groups is 1. The summed E-state index contributed by atoms with van der Waals surface area (Å²) in [5.41, 5.74) is 0.199. The summed E-state index contributed by atoms with van der Waals surface area (Å²) in [5.74, 6) is -3.12. The minimum atomic E-state index is -3.83. The molecule has 43 heavy (non-hydrogen) atoms. The minimum Gasteiger partial charge on any atom is -0.446 e. The Hall–Kier alpha value is -2.06. The zero-order chi connectivity index (χ0) is 30.7. The highest BCUT2D eigenvalue weighted by atomic mass is 35.5. The molecule has 2 amide bonds. The number of halogens is 3. The normalized spacial score (nSPS) is 17.9. The number of carbonyl (C=O) groups is 2. The maximum Gasteiger partial charge on any atom is 0.408 e. The number of ether oxygens (including phenoxy) is 2. The van der Waals surface area contributed by atoms with Gasteiger partial charge in [0.2, 0.25) is 5.91 Å². The van der Waals surface area contributed by atoms with Crippen LogP contribution in [0.1, 0.15) is 70.8 Å². The molecule has 1 unspecified atom stereocenters. The van der Waals surface area contributed by atoms with E-state index in [1.165, 1.54) is 0 Å². The van der Waals surface area contributed by atoms with Crippen LogP contribution < -0.4 is 16.0 Å². The Morgan fingerprint density at radius 3 is 2.19 bits per heavy atom. The van der Waals surface area contributed by atoms with Crippen molar-refractivity contribution in [1.82, 2.24) is 16.0 Å². The van der Waals surface area contributed by atoms with Crippen molar-refractivity contribution < 1.29 is 41.4 Å². The number of rotatable bonds is 17. The highest BCUT2D eigenvalue weighted by Gasteiger charge is 2.35. The molecule has 1 saturated heterocycles. The standard InChI is InChI=1S/C29H45F2N3O7S.ClH/c1-3-5-24(6-4-2)42(38,39)18-26(34-29(37)41-23-9-11-40-12-10-23)28(36)33-25(27(35)17-32-22-7-8-22)15-19-13-20(30)16-21(31)14-19;/h13-14,16,22-27,32,35H,3-12,15,17-18H2,1-2H3,(H,33,36)(H,34,37);1H/t25-,26?,27+;/m0./s1. The van der Waals surface area contributed by atoms with Crippen molar-refractivity contribution in [2.24, 2.45) is 0 Å². The van der Waals surface area contributed by atoms with E-state index in [1.54, 1.807) is 0 Å². The van der Waals surface area contributed by atoms with Crippen molar-refractivity contribution in [2.75, 3.05) is 25.5 Å². The summed E-state index contributed by atoms with van der Waals surface area (Å²) in [6.07, 6.45) is 2.29. The van der Waals surface area contributed by atoms with E-state index >= 15 is 0 Å². The first kappa shape index (κ1) is 37.1. The van der Waals surface area contributed by atoms with Crippen molar-refractivity contribution in [3.63, 3.8) is 0 Å². The fraction of sp³-hybridized carbons (Fsp3) is 0.724. The van der Waals surface area contributed by atoms with Gasteiger partial charge in [-0.2, -0.15) is 0 Å². The molecule has 1 aromatic rings. The predicted octanol–water partition coefficient (Wildman–Crippen LogP) is 3.18. The third-order valence-electron chi connectivity index (χ3n) is 7.54. The van der Waals surface area contributed by atoms with Crippen molar-refractivity contribution in [3.8, 4) is 0 Å². The van der Waals surface area contributed by atoms with E-state index in [-0.39, 0.29) is 37.0 Å². The molecule has 0 radical (unpaired) electrons. The SMILES string of the molecule is CCCC(CCC)S(=O)(=O)CC(NC(=O)OC1CCOCC1)C(=O)N[C@@H](Cc1cc(F)cc(F)c1)[C@H](O)CNC1CC1.Cl. The third kappa shape index (κ3) is 12.8. The summed E-state index contributed by atoms with van der Waals surface area (Å²) in [7, 11) is -3.83. The van der Waals surface area contributed by atoms with Gasteiger partial charge in [0.1, 0.15) is 23.8 Å². The molecule has 3 rings (SSSR count). The number of aliphatic hydroxyl groups excluding tert-OH is 1. The lowest BCUT2D eigenvalue weighted by Gasteiger charge is -2.29. The number of carbonyl (C=O) groups excluding carboxylic acids is 2. The van der Waals surface area contributed by atoms with Gasteiger partial charge in [0.15, 0.2) is 9.84 Å². The van der Waals surface area contributed by atoms with Crippen LogP contribution in [-0.4, -0.2) is 86.6 Å². The van der Waals surface area contributed by atoms with Crippen LogP contribution >= 0.6 is 12.4 Å². The Morgan fingerprint density at radius 1 is 1.02 bits per heavy atom. The van der Waals surface area contributed by atoms with E-state index in [0.717, 1.165) is 31.0 Å². The first-order chi connectivity index (χ1) is 20.0. The van der Waals surface area contributed by atoms with Gasteiger partial charge in [-0.15, -0.1) is 12.4 Å². The summed E-state index contributed by atoms with van der Waals surface area (Å²) >= 11 is 0. The summed E-state index contributed by atoms with van der Waals surface area (Å²) in [6.45, 7) is 4.69. The quantitative estimate of drug-likeness (QED) is 0.201. The van der Waals surface area contributed by atoms with Crippen molar-refractivity contribution in [1.29, 1.82) is 0 Å². The maximum atomic E-state index is 13.9. The Balaban J connectivity index is 0.00000645. The Labute approximate surface area is 259 Å². The van der Waals surface area contributed by atoms with Crippen LogP contribution in [0, 0.1) is 11.6 Å². The van der Waals surface area contributed by atoms with E-state index in [1.807, 2.05) is 13.8 Å². The van der Waals surface area contributed by atoms with Crippen LogP contribution in [-0.2, 0) is 30.5 Å². The number of benzene rings is 1. The van der Waals surface area contributed by atoms with E-state index in [9.17, 15) is 31.9 Å². The molecule has 14 heteroatoms. The molecule has 0 bridgehead atoms. The van der Waals surface area contributed by atoms with Crippen LogP contribution in [0.15, 0.2) is 18.2 Å². The lowest BCUT2D eigenvalue weighted by Crippen LogP contribution is -2.57. The van der Waals surface area contributed by atoms with Gasteiger partial charge >= 0.3 is 6.09 Å². The molecular formula is C29H46ClF2N3O7S. The van der Waals surface area contributed by atoms with E-state index in [2.05, 4.69) is 16.0 Å². The second-order valence-electron chi connectivity index (χ2n) is 11.3. The molecule has 1 aliphatic carbocycles. The molecule has 1 saturated carbocycles. The molecule has 1 aromatic carbocycles. The van der Waals surface area contributed by atoms with Crippen molar-refractivity contribution >= 4 is 34.2 Å². The molecule has 2 aliphatic rings. The summed E-state index contributed by atoms with van der Waals surface area (Å²) < 4.78 is 65.4. The average Bonchev–Trinajstić information content (AvgIpc) is 3.75. The monoisotopic (exact) mass is 653 g/mol. The first-order valence-electron chi connectivity index (χ1n) is 14.9. The smallest absolute Gasteiger partial charge is 0.408 e. The zero-order valence-corrected chi connectivity index (χ0v) is 26.5. The second kappa shape index (κ2) is 18.0. The molecule has 0 aromatic heterocycles. The Bertz CT molecular complexity index is 1110. The summed E-state index contributed by atoms with van der Waals surface area (Å²) in [6, 6.07) is 0.625. The van der Waals surface area contributed by atoms with Crippen LogP contribution in [0.25, 0.3) is 0 Å². The number of nitrogens with one attached hydrogen (secondary N) is 3. The fourth-order valence-corrected chi connectivity index (χ4v) is 7.25. The largest absolute Gasteiger partial charge is 0.446 e. The number of alkyl carbamates (subject to hydrolysis) is 1. The van der Waals surface area contributed by atoms with Gasteiger partial charge in [0.25, 0.3) is 0 Å². The van der Waals surface area contributed by atoms with Crippen molar-refractivity contribution in [3.05, 3.63) is 35.4 Å². The number of sulfone groups is 1. The van der Waals surface area contributed by atoms with Gasteiger partial charge in [-0.05, 0) is 49.8 Å². The average molecular weight is 654 g/mol. The molecule has 10 nitrogen and oxygen atoms in total. The van der Waals surface area contributed by atoms with Crippen LogP contribution in [0.5, 0.6) is 0 Å². The van der Waals surface area contributed by atoms with E-state index in [0.29, 0.717) is 51.7 Å². The van der Waals surface area contributed by atoms with Crippen LogP contribution in [0.3, 0.4) is 0 Å². The van der Waals surface area contributed by atoms with Crippen LogP contribution in [0.4, 0.5) is 13.6 Å². The molecule has 0 spiro atoms. The molecule has 2 fully saturated rings. The second-order valence-corrected chi connectivity index (χ2v) is 13.6. The van der Waals surface area contributed by atoms with E-state index < -0.39 is 68.8 Å². The number of hydrogen-bond acceptors (Lipinski definition) is 8. The van der Waals surface area contributed by atoms with E-state index in [4.69, 9.17) is 9.47 Å². The summed E-state index contributed by atoms with van der Waals surface area (Å²) in [5, 5.41) is 18.5. The van der Waals surface area contributed by atoms with Gasteiger partial charge in [-0.25, -0.2) is 22.0 Å². The summed E-state index contributed by atoms with van der Waals surface area (Å²) in [4.78, 5) is 26.4. The highest BCUT2D eigenvalue weighted by Crippen LogP contribution is 2.20. The van der Waals surface area contributed by atoms with Gasteiger partial charge in [-0.1, -0.05) is 26.7 Å². The maximum absolute atomic E-state index is 13.9. The Kier molecular flexibility index (Phi) is 15.6. The molecule has 1 heterocycles. The number of hydrogen-bond donors (Lipinski definition) is 4. The predicted molar refractivity (Wildman–Crippen MR) is 161 cm³/mol. The third-order valence-corrected chi connectivity index (χ3v) is 9.83.